The molecule has 0 rings (SSSR count). The van der Waals surface area contributed by atoms with Crippen LogP contribution in [0.15, 0.2) is 0 Å². The molecule has 0 aliphatic rings. The van der Waals surface area contributed by atoms with E-state index in [1.807, 2.05) is 0 Å². The second kappa shape index (κ2) is 13.9. The van der Waals surface area contributed by atoms with Crippen molar-refractivity contribution in [3.63, 3.8) is 0 Å². The van der Waals surface area contributed by atoms with E-state index in [0.29, 0.717) is 0 Å². The van der Waals surface area contributed by atoms with Crippen LogP contribution in [-0.2, 0) is 32.3 Å². The maximum atomic E-state index is 14.6. The van der Waals surface area contributed by atoms with Crippen molar-refractivity contribution in [3.8, 4) is 0 Å². The summed E-state index contributed by atoms with van der Waals surface area (Å²) in [6.45, 7) is 0.472. The van der Waals surface area contributed by atoms with Gasteiger partial charge in [0.25, 0.3) is 12.3 Å². The summed E-state index contributed by atoms with van der Waals surface area (Å²) in [5.74, 6) is -14.1. The molecule has 0 saturated heterocycles. The van der Waals surface area contributed by atoms with Crippen molar-refractivity contribution in [1.29, 1.82) is 0 Å². The van der Waals surface area contributed by atoms with Crippen molar-refractivity contribution in [2.75, 3.05) is 26.6 Å². The summed E-state index contributed by atoms with van der Waals surface area (Å²) in [7, 11) is -3.75. The predicted octanol–water partition coefficient (Wildman–Crippen LogP) is 4.32. The Balaban J connectivity index is 5.65. The molecule has 1 amide bonds. The number of alkyl halides is 11. The van der Waals surface area contributed by atoms with E-state index in [-0.39, 0.29) is 25.7 Å². The van der Waals surface area contributed by atoms with E-state index in [1.165, 1.54) is 19.2 Å². The highest BCUT2D eigenvalue weighted by Gasteiger charge is 2.72. The third-order valence-electron chi connectivity index (χ3n) is 4.07. The van der Waals surface area contributed by atoms with Gasteiger partial charge in [0.15, 0.2) is 6.79 Å². The molecule has 20 heteroatoms. The molecule has 8 nitrogen and oxygen atoms in total. The molecule has 0 spiro atoms. The summed E-state index contributed by atoms with van der Waals surface area (Å²) >= 11 is 0. The average molecular weight is 591 g/mol. The van der Waals surface area contributed by atoms with E-state index in [2.05, 4.69) is 9.47 Å². The lowest BCUT2D eigenvalue weighted by Gasteiger charge is -2.35. The normalized spacial score (nSPS) is 16.6. The third-order valence-corrected chi connectivity index (χ3v) is 7.10. The fourth-order valence-electron chi connectivity index (χ4n) is 2.70. The fourth-order valence-corrected chi connectivity index (χ4v) is 5.22. The quantitative estimate of drug-likeness (QED) is 0.131. The zero-order valence-corrected chi connectivity index (χ0v) is 20.4. The van der Waals surface area contributed by atoms with E-state index in [4.69, 9.17) is 13.3 Å². The smallest absolute Gasteiger partial charge is 0.473 e. The first-order valence-electron chi connectivity index (χ1n) is 10.2. The van der Waals surface area contributed by atoms with Crippen LogP contribution in [0.1, 0.15) is 27.2 Å². The monoisotopic (exact) mass is 591 g/mol. The van der Waals surface area contributed by atoms with Gasteiger partial charge < -0.3 is 28.1 Å². The fraction of sp³-hybridized carbons (Fsp3) is 0.882. The second-order valence-electron chi connectivity index (χ2n) is 6.94. The molecule has 0 aromatic rings. The van der Waals surface area contributed by atoms with Crippen molar-refractivity contribution in [3.05, 3.63) is 0 Å². The predicted molar refractivity (Wildman–Crippen MR) is 101 cm³/mol. The minimum absolute atomic E-state index is 0.0363. The Labute approximate surface area is 204 Å². The number of halogens is 11. The molecule has 0 aliphatic heterocycles. The highest BCUT2D eigenvalue weighted by Crippen LogP contribution is 2.47. The molecule has 3 atom stereocenters. The molecule has 3 unspecified atom stereocenters. The highest BCUT2D eigenvalue weighted by atomic mass is 28.4. The number of nitrogens with one attached hydrogen (secondary N) is 1. The first-order valence-corrected chi connectivity index (χ1v) is 12.1. The molecular weight excluding hydrogens is 567 g/mol. The Hall–Kier alpha value is -1.77. The molecule has 0 fully saturated rings. The van der Waals surface area contributed by atoms with E-state index in [1.54, 1.807) is 0 Å². The van der Waals surface area contributed by atoms with E-state index in [0.717, 1.165) is 6.92 Å². The van der Waals surface area contributed by atoms with Crippen LogP contribution < -0.4 is 5.32 Å². The largest absolute Gasteiger partial charge is 0.568 e. The van der Waals surface area contributed by atoms with Gasteiger partial charge in [0.2, 0.25) is 11.8 Å². The van der Waals surface area contributed by atoms with Crippen molar-refractivity contribution in [2.24, 2.45) is 5.92 Å². The molecule has 37 heavy (non-hydrogen) atoms. The number of ether oxygens (including phenoxy) is 2. The van der Waals surface area contributed by atoms with Crippen LogP contribution in [0.2, 0.25) is 6.04 Å². The molecule has 0 radical (unpaired) electrons. The van der Waals surface area contributed by atoms with Crippen LogP contribution >= 0.6 is 0 Å². The van der Waals surface area contributed by atoms with Gasteiger partial charge in [-0.25, -0.2) is 8.78 Å². The van der Waals surface area contributed by atoms with Crippen LogP contribution in [0.5, 0.6) is 0 Å². The summed E-state index contributed by atoms with van der Waals surface area (Å²) in [4.78, 5) is 23.3. The Morgan fingerprint density at radius 1 is 0.892 bits per heavy atom. The van der Waals surface area contributed by atoms with Gasteiger partial charge in [0, 0.05) is 32.7 Å². The molecule has 220 valence electrons. The molecular formula is C17H24F11NO7Si. The molecule has 0 saturated carbocycles. The zero-order chi connectivity index (χ0) is 29.3. The standard InChI is InChI=1S/C17H24F11NO7Si/c1-4-34-37(35-5-2,36-10(3)30)8-6-7-29-12(31)11(15(20,21)22)14(19,17(26,27)28)33-9-32-13(18)16(23,24)25/h11,13H,4-9H2,1-3H3,(H,29,31). The summed E-state index contributed by atoms with van der Waals surface area (Å²) in [6.07, 6.45) is -23.4. The van der Waals surface area contributed by atoms with Crippen LogP contribution in [0.4, 0.5) is 48.3 Å². The van der Waals surface area contributed by atoms with Crippen molar-refractivity contribution >= 4 is 20.7 Å². The van der Waals surface area contributed by atoms with Gasteiger partial charge in [-0.05, 0) is 20.3 Å². The Morgan fingerprint density at radius 3 is 1.78 bits per heavy atom. The van der Waals surface area contributed by atoms with Crippen molar-refractivity contribution in [2.45, 2.75) is 64.0 Å². The minimum Gasteiger partial charge on any atom is -0.473 e. The number of carbonyl (C=O) groups excluding carboxylic acids is 2. The number of hydrogen-bond acceptors (Lipinski definition) is 7. The molecule has 0 heterocycles. The topological polar surface area (TPSA) is 92.3 Å². The van der Waals surface area contributed by atoms with Gasteiger partial charge in [-0.2, -0.15) is 39.5 Å². The third kappa shape index (κ3) is 10.9. The summed E-state index contributed by atoms with van der Waals surface area (Å²) in [5, 5.41) is 1.40. The first kappa shape index (κ1) is 35.2. The number of rotatable bonds is 15. The van der Waals surface area contributed by atoms with Crippen LogP contribution in [0, 0.1) is 5.92 Å². The van der Waals surface area contributed by atoms with Crippen LogP contribution in [0.25, 0.3) is 0 Å². The lowest BCUT2D eigenvalue weighted by Crippen LogP contribution is -2.60. The lowest BCUT2D eigenvalue weighted by molar-refractivity contribution is -0.402. The number of hydrogen-bond donors (Lipinski definition) is 1. The van der Waals surface area contributed by atoms with Gasteiger partial charge in [-0.3, -0.25) is 9.59 Å². The molecule has 0 bridgehead atoms. The molecule has 0 aliphatic carbocycles. The van der Waals surface area contributed by atoms with Gasteiger partial charge in [-0.1, -0.05) is 0 Å². The highest BCUT2D eigenvalue weighted by molar-refractivity contribution is 6.62. The van der Waals surface area contributed by atoms with Gasteiger partial charge in [-0.15, -0.1) is 0 Å². The van der Waals surface area contributed by atoms with Gasteiger partial charge >= 0.3 is 33.2 Å². The summed E-state index contributed by atoms with van der Waals surface area (Å²) in [5.41, 5.74) is 0. The first-order chi connectivity index (χ1) is 16.7. The van der Waals surface area contributed by atoms with Crippen LogP contribution in [-0.4, -0.2) is 78.0 Å². The Kier molecular flexibility index (Phi) is 13.2. The van der Waals surface area contributed by atoms with E-state index >= 15 is 0 Å². The average Bonchev–Trinajstić information content (AvgIpc) is 2.68. The van der Waals surface area contributed by atoms with E-state index < -0.39 is 70.7 Å². The lowest BCUT2D eigenvalue weighted by atomic mass is 9.97. The summed E-state index contributed by atoms with van der Waals surface area (Å²) < 4.78 is 165. The molecule has 0 aromatic heterocycles. The maximum absolute atomic E-state index is 14.6. The van der Waals surface area contributed by atoms with E-state index in [9.17, 15) is 57.9 Å². The molecule has 0 aromatic carbocycles. The number of amides is 1. The Morgan fingerprint density at radius 2 is 1.41 bits per heavy atom. The maximum Gasteiger partial charge on any atom is 0.568 e. The van der Waals surface area contributed by atoms with Crippen molar-refractivity contribution in [1.82, 2.24) is 5.32 Å². The van der Waals surface area contributed by atoms with Crippen LogP contribution in [0.3, 0.4) is 0 Å². The summed E-state index contributed by atoms with van der Waals surface area (Å²) in [6, 6.07) is -0.315. The Bertz CT molecular complexity index is 730. The molecule has 1 N–H and O–H groups in total. The number of carbonyl (C=O) groups is 2. The van der Waals surface area contributed by atoms with Gasteiger partial charge in [0.1, 0.15) is 0 Å². The zero-order valence-electron chi connectivity index (χ0n) is 19.4. The minimum atomic E-state index is -6.64. The van der Waals surface area contributed by atoms with Gasteiger partial charge in [0.05, 0.1) is 0 Å². The SMILES string of the molecule is CCO[Si](CCCNC(=O)C(C(F)(F)F)C(F)(OCOC(F)C(F)(F)F)C(F)(F)F)(OCC)OC(C)=O. The second-order valence-corrected chi connectivity index (χ2v) is 9.59. The van der Waals surface area contributed by atoms with Crippen molar-refractivity contribution < 1.29 is 80.6 Å².